The number of carbonyl (C=O) groups is 1. The minimum atomic E-state index is -1.20. The van der Waals surface area contributed by atoms with Gasteiger partial charge in [0.05, 0.1) is 7.11 Å². The Bertz CT molecular complexity index is 1050. The summed E-state index contributed by atoms with van der Waals surface area (Å²) in [5.74, 6) is 0.0667. The maximum Gasteiger partial charge on any atom is 0.338 e. The number of carbonyl (C=O) groups excluding carboxylic acids is 1. The van der Waals surface area contributed by atoms with Gasteiger partial charge in [-0.25, -0.2) is 9.79 Å². The van der Waals surface area contributed by atoms with Gasteiger partial charge in [-0.05, 0) is 35.2 Å². The summed E-state index contributed by atoms with van der Waals surface area (Å²) in [5, 5.41) is 0. The molecule has 30 heavy (non-hydrogen) atoms. The van der Waals surface area contributed by atoms with Crippen LogP contribution in [0.4, 0.5) is 0 Å². The molecular weight excluding hydrogens is 374 g/mol. The van der Waals surface area contributed by atoms with Crippen LogP contribution in [0.15, 0.2) is 89.9 Å². The zero-order valence-electron chi connectivity index (χ0n) is 17.2. The average Bonchev–Trinajstić information content (AvgIpc) is 3.20. The highest BCUT2D eigenvalue weighted by molar-refractivity contribution is 5.99. The number of hydrogen-bond donors (Lipinski definition) is 0. The van der Waals surface area contributed by atoms with Crippen molar-refractivity contribution >= 4 is 11.9 Å². The molecule has 0 aliphatic carbocycles. The summed E-state index contributed by atoms with van der Waals surface area (Å²) >= 11 is 0. The van der Waals surface area contributed by atoms with E-state index in [2.05, 4.69) is 19.1 Å². The van der Waals surface area contributed by atoms with Gasteiger partial charge in [-0.2, -0.15) is 0 Å². The minimum Gasteiger partial charge on any atom is -0.467 e. The number of methoxy groups -OCH3 is 1. The lowest BCUT2D eigenvalue weighted by Crippen LogP contribution is -2.44. The van der Waals surface area contributed by atoms with Crippen LogP contribution in [-0.4, -0.2) is 24.5 Å². The van der Waals surface area contributed by atoms with Crippen molar-refractivity contribution in [1.82, 2.24) is 0 Å². The van der Waals surface area contributed by atoms with Gasteiger partial charge in [0.2, 0.25) is 11.4 Å². The van der Waals surface area contributed by atoms with Gasteiger partial charge in [-0.3, -0.25) is 0 Å². The maximum atomic E-state index is 13.3. The third-order valence-corrected chi connectivity index (χ3v) is 5.59. The van der Waals surface area contributed by atoms with Crippen LogP contribution in [0.5, 0.6) is 0 Å². The number of aryl methyl sites for hydroxylation is 1. The fraction of sp³-hybridized carbons (Fsp3) is 0.231. The van der Waals surface area contributed by atoms with Crippen LogP contribution in [0.3, 0.4) is 0 Å². The van der Waals surface area contributed by atoms with Gasteiger partial charge in [0.1, 0.15) is 0 Å². The summed E-state index contributed by atoms with van der Waals surface area (Å²) in [6.07, 6.45) is 0.699. The van der Waals surface area contributed by atoms with Crippen molar-refractivity contribution in [3.8, 4) is 0 Å². The summed E-state index contributed by atoms with van der Waals surface area (Å²) in [6, 6.07) is 27.6. The molecule has 0 aromatic heterocycles. The predicted molar refractivity (Wildman–Crippen MR) is 118 cm³/mol. The Morgan fingerprint density at radius 2 is 1.53 bits per heavy atom. The smallest absolute Gasteiger partial charge is 0.338 e. The van der Waals surface area contributed by atoms with Crippen molar-refractivity contribution in [1.29, 1.82) is 0 Å². The molecule has 0 N–H and O–H groups in total. The summed E-state index contributed by atoms with van der Waals surface area (Å²) in [7, 11) is 1.41. The second-order valence-corrected chi connectivity index (χ2v) is 7.41. The lowest BCUT2D eigenvalue weighted by molar-refractivity contribution is -0.149. The first-order chi connectivity index (χ1) is 14.7. The van der Waals surface area contributed by atoms with E-state index in [0.717, 1.165) is 23.1 Å². The van der Waals surface area contributed by atoms with E-state index in [1.807, 2.05) is 72.8 Å². The van der Waals surface area contributed by atoms with Crippen molar-refractivity contribution in [2.24, 2.45) is 4.99 Å². The monoisotopic (exact) mass is 399 g/mol. The van der Waals surface area contributed by atoms with E-state index in [0.29, 0.717) is 12.3 Å². The van der Waals surface area contributed by atoms with Crippen LogP contribution in [0.1, 0.15) is 35.3 Å². The molecule has 1 heterocycles. The van der Waals surface area contributed by atoms with E-state index in [4.69, 9.17) is 14.5 Å². The van der Waals surface area contributed by atoms with Gasteiger partial charge in [-0.1, -0.05) is 79.7 Å². The molecule has 0 unspecified atom stereocenters. The van der Waals surface area contributed by atoms with Gasteiger partial charge in [-0.15, -0.1) is 0 Å². The SMILES string of the molecule is CCc1ccccc1C[C@]1(C(=O)OC)N=C(c2ccccc2)O[C@H]1c1ccccc1. The third kappa shape index (κ3) is 3.61. The summed E-state index contributed by atoms with van der Waals surface area (Å²) < 4.78 is 11.7. The molecule has 2 atom stereocenters. The molecule has 0 bridgehead atoms. The van der Waals surface area contributed by atoms with Crippen LogP contribution in [-0.2, 0) is 27.1 Å². The first-order valence-corrected chi connectivity index (χ1v) is 10.2. The number of nitrogens with zero attached hydrogens (tertiary/aromatic N) is 1. The van der Waals surface area contributed by atoms with Crippen LogP contribution in [0, 0.1) is 0 Å². The molecule has 0 radical (unpaired) electrons. The zero-order valence-corrected chi connectivity index (χ0v) is 17.2. The van der Waals surface area contributed by atoms with Crippen LogP contribution >= 0.6 is 0 Å². The largest absolute Gasteiger partial charge is 0.467 e. The molecule has 3 aromatic carbocycles. The van der Waals surface area contributed by atoms with Crippen molar-refractivity contribution in [2.75, 3.05) is 7.11 Å². The van der Waals surface area contributed by atoms with Gasteiger partial charge in [0, 0.05) is 12.0 Å². The first-order valence-electron chi connectivity index (χ1n) is 10.2. The molecule has 1 aliphatic rings. The van der Waals surface area contributed by atoms with E-state index in [9.17, 15) is 4.79 Å². The number of esters is 1. The van der Waals surface area contributed by atoms with Gasteiger partial charge in [0.15, 0.2) is 6.10 Å². The normalized spacial score (nSPS) is 20.3. The molecule has 1 aliphatic heterocycles. The summed E-state index contributed by atoms with van der Waals surface area (Å²) in [6.45, 7) is 2.11. The van der Waals surface area contributed by atoms with Crippen molar-refractivity contribution in [3.05, 3.63) is 107 Å². The Morgan fingerprint density at radius 3 is 2.17 bits per heavy atom. The number of ether oxygens (including phenoxy) is 2. The van der Waals surface area contributed by atoms with Crippen molar-refractivity contribution in [2.45, 2.75) is 31.4 Å². The minimum absolute atomic E-state index is 0.395. The van der Waals surface area contributed by atoms with Gasteiger partial charge >= 0.3 is 5.97 Å². The maximum absolute atomic E-state index is 13.3. The quantitative estimate of drug-likeness (QED) is 0.553. The summed E-state index contributed by atoms with van der Waals surface area (Å²) in [4.78, 5) is 18.2. The highest BCUT2D eigenvalue weighted by Gasteiger charge is 2.54. The van der Waals surface area contributed by atoms with Crippen LogP contribution in [0.2, 0.25) is 0 Å². The second-order valence-electron chi connectivity index (χ2n) is 7.41. The van der Waals surface area contributed by atoms with E-state index in [-0.39, 0.29) is 0 Å². The second kappa shape index (κ2) is 8.54. The Labute approximate surface area is 177 Å². The Kier molecular flexibility index (Phi) is 5.66. The fourth-order valence-corrected chi connectivity index (χ4v) is 4.06. The lowest BCUT2D eigenvalue weighted by Gasteiger charge is -2.30. The first kappa shape index (κ1) is 19.9. The standard InChI is InChI=1S/C26H25NO3/c1-3-19-12-10-11-17-22(19)18-26(25(28)29-2)23(20-13-6-4-7-14-20)30-24(27-26)21-15-8-5-9-16-21/h4-17,23H,3,18H2,1-2H3/t23-,26-/m0/s1. The molecule has 4 rings (SSSR count). The molecule has 0 fully saturated rings. The number of aliphatic imine (C=N–C) groups is 1. The van der Waals surface area contributed by atoms with E-state index >= 15 is 0 Å². The Balaban J connectivity index is 1.88. The molecule has 152 valence electrons. The molecule has 0 amide bonds. The zero-order chi connectivity index (χ0) is 21.0. The lowest BCUT2D eigenvalue weighted by atomic mass is 9.81. The predicted octanol–water partition coefficient (Wildman–Crippen LogP) is 4.92. The molecule has 3 aromatic rings. The number of rotatable bonds is 6. The van der Waals surface area contributed by atoms with Gasteiger partial charge < -0.3 is 9.47 Å². The van der Waals surface area contributed by atoms with Crippen LogP contribution in [0.25, 0.3) is 0 Å². The molecule has 0 spiro atoms. The molecule has 0 saturated heterocycles. The Hall–Kier alpha value is -3.40. The number of benzene rings is 3. The van der Waals surface area contributed by atoms with Crippen molar-refractivity contribution in [3.63, 3.8) is 0 Å². The van der Waals surface area contributed by atoms with E-state index in [1.54, 1.807) is 0 Å². The molecule has 4 heteroatoms. The fourth-order valence-electron chi connectivity index (χ4n) is 4.06. The highest BCUT2D eigenvalue weighted by Crippen LogP contribution is 2.43. The molecular formula is C26H25NO3. The summed E-state index contributed by atoms with van der Waals surface area (Å²) in [5.41, 5.74) is 2.80. The Morgan fingerprint density at radius 1 is 0.933 bits per heavy atom. The van der Waals surface area contributed by atoms with E-state index < -0.39 is 17.6 Å². The topological polar surface area (TPSA) is 47.9 Å². The van der Waals surface area contributed by atoms with Crippen LogP contribution < -0.4 is 0 Å². The van der Waals surface area contributed by atoms with E-state index in [1.165, 1.54) is 12.7 Å². The average molecular weight is 399 g/mol. The van der Waals surface area contributed by atoms with Gasteiger partial charge in [0.25, 0.3) is 0 Å². The highest BCUT2D eigenvalue weighted by atomic mass is 16.5. The molecule has 4 nitrogen and oxygen atoms in total. The van der Waals surface area contributed by atoms with Crippen molar-refractivity contribution < 1.29 is 14.3 Å². The third-order valence-electron chi connectivity index (χ3n) is 5.59. The number of hydrogen-bond acceptors (Lipinski definition) is 4. The molecule has 0 saturated carbocycles.